The zero-order valence-corrected chi connectivity index (χ0v) is 12.9. The molecule has 21 heavy (non-hydrogen) atoms. The Kier molecular flexibility index (Phi) is 3.80. The van der Waals surface area contributed by atoms with Gasteiger partial charge in [0.15, 0.2) is 0 Å². The molecular formula is C19H21NO. The lowest BCUT2D eigenvalue weighted by Crippen LogP contribution is -2.13. The summed E-state index contributed by atoms with van der Waals surface area (Å²) in [6.07, 6.45) is 6.82. The largest absolute Gasteiger partial charge is 0.472 e. The summed E-state index contributed by atoms with van der Waals surface area (Å²) in [4.78, 5) is 2.24. The van der Waals surface area contributed by atoms with Crippen LogP contribution in [0.15, 0.2) is 52.8 Å². The Labute approximate surface area is 126 Å². The molecule has 1 aromatic heterocycles. The quantitative estimate of drug-likeness (QED) is 0.815. The lowest BCUT2D eigenvalue weighted by atomic mass is 10.0. The highest BCUT2D eigenvalue weighted by Crippen LogP contribution is 2.43. The summed E-state index contributed by atoms with van der Waals surface area (Å²) in [5, 5.41) is 0. The fourth-order valence-electron chi connectivity index (χ4n) is 2.92. The Bertz CT molecular complexity index is 690. The van der Waals surface area contributed by atoms with Crippen LogP contribution in [-0.4, -0.2) is 25.5 Å². The van der Waals surface area contributed by atoms with E-state index in [1.165, 1.54) is 27.8 Å². The molecular weight excluding hydrogens is 258 g/mol. The first-order chi connectivity index (χ1) is 10.2. The number of hydrogen-bond acceptors (Lipinski definition) is 2. The van der Waals surface area contributed by atoms with Crippen molar-refractivity contribution in [1.29, 1.82) is 0 Å². The molecule has 0 N–H and O–H groups in total. The monoisotopic (exact) mass is 279 g/mol. The number of benzene rings is 1. The number of allylic oxidation sites excluding steroid dienone is 2. The highest BCUT2D eigenvalue weighted by molar-refractivity contribution is 6.05. The molecule has 0 spiro atoms. The molecule has 1 aromatic carbocycles. The van der Waals surface area contributed by atoms with E-state index in [1.54, 1.807) is 12.5 Å². The number of hydrogen-bond donors (Lipinski definition) is 0. The molecule has 1 aliphatic carbocycles. The first-order valence-electron chi connectivity index (χ1n) is 7.35. The number of rotatable bonds is 4. The van der Waals surface area contributed by atoms with Gasteiger partial charge in [-0.05, 0) is 67.4 Å². The van der Waals surface area contributed by atoms with E-state index in [4.69, 9.17) is 4.42 Å². The summed E-state index contributed by atoms with van der Waals surface area (Å²) < 4.78 is 5.19. The summed E-state index contributed by atoms with van der Waals surface area (Å²) in [5.41, 5.74) is 8.01. The molecule has 0 aliphatic heterocycles. The minimum absolute atomic E-state index is 1.07. The minimum atomic E-state index is 1.07. The van der Waals surface area contributed by atoms with Crippen LogP contribution in [0.1, 0.15) is 30.0 Å². The molecule has 0 fully saturated rings. The van der Waals surface area contributed by atoms with E-state index < -0.39 is 0 Å². The fourth-order valence-corrected chi connectivity index (χ4v) is 2.92. The molecule has 2 heteroatoms. The lowest BCUT2D eigenvalue weighted by Gasteiger charge is -2.11. The maximum absolute atomic E-state index is 5.19. The van der Waals surface area contributed by atoms with Crippen molar-refractivity contribution in [3.63, 3.8) is 0 Å². The van der Waals surface area contributed by atoms with E-state index in [9.17, 15) is 0 Å². The van der Waals surface area contributed by atoms with Gasteiger partial charge in [0.1, 0.15) is 0 Å². The molecule has 2 aromatic rings. The molecule has 108 valence electrons. The Morgan fingerprint density at radius 2 is 1.86 bits per heavy atom. The molecule has 0 radical (unpaired) electrons. The van der Waals surface area contributed by atoms with Crippen LogP contribution >= 0.6 is 0 Å². The zero-order chi connectivity index (χ0) is 14.8. The van der Waals surface area contributed by atoms with E-state index in [2.05, 4.69) is 56.3 Å². The van der Waals surface area contributed by atoms with Crippen LogP contribution in [0.4, 0.5) is 0 Å². The summed E-state index contributed by atoms with van der Waals surface area (Å²) in [6.45, 7) is 3.30. The highest BCUT2D eigenvalue weighted by Gasteiger charge is 2.22. The number of fused-ring (bicyclic) bond motifs is 1. The van der Waals surface area contributed by atoms with Crippen molar-refractivity contribution in [2.24, 2.45) is 0 Å². The average Bonchev–Trinajstić information content (AvgIpc) is 3.06. The maximum atomic E-state index is 5.19. The van der Waals surface area contributed by atoms with Gasteiger partial charge in [0.25, 0.3) is 0 Å². The van der Waals surface area contributed by atoms with E-state index in [1.807, 2.05) is 6.07 Å². The van der Waals surface area contributed by atoms with Crippen LogP contribution in [0.3, 0.4) is 0 Å². The van der Waals surface area contributed by atoms with Gasteiger partial charge in [0.05, 0.1) is 12.5 Å². The van der Waals surface area contributed by atoms with Crippen LogP contribution in [0.5, 0.6) is 0 Å². The number of nitrogens with zero attached hydrogens (tertiary/aromatic N) is 1. The van der Waals surface area contributed by atoms with Crippen LogP contribution in [0.25, 0.3) is 17.2 Å². The molecule has 0 saturated carbocycles. The summed E-state index contributed by atoms with van der Waals surface area (Å²) in [6, 6.07) is 10.7. The topological polar surface area (TPSA) is 16.4 Å². The van der Waals surface area contributed by atoms with Crippen LogP contribution in [-0.2, 0) is 0 Å². The van der Waals surface area contributed by atoms with Crippen molar-refractivity contribution < 1.29 is 4.42 Å². The summed E-state index contributed by atoms with van der Waals surface area (Å²) >= 11 is 0. The molecule has 0 atom stereocenters. The molecule has 0 unspecified atom stereocenters. The van der Waals surface area contributed by atoms with Gasteiger partial charge in [-0.15, -0.1) is 0 Å². The third-order valence-corrected chi connectivity index (χ3v) is 4.06. The summed E-state index contributed by atoms with van der Waals surface area (Å²) in [7, 11) is 4.25. The van der Waals surface area contributed by atoms with Crippen LogP contribution in [0.2, 0.25) is 0 Å². The van der Waals surface area contributed by atoms with Crippen LogP contribution in [0, 0.1) is 0 Å². The third-order valence-electron chi connectivity index (χ3n) is 4.06. The Hall–Kier alpha value is -2.06. The van der Waals surface area contributed by atoms with E-state index in [0.717, 1.165) is 18.5 Å². The van der Waals surface area contributed by atoms with Crippen molar-refractivity contribution in [2.45, 2.75) is 13.3 Å². The molecule has 3 rings (SSSR count). The lowest BCUT2D eigenvalue weighted by molar-refractivity contribution is 0.419. The van der Waals surface area contributed by atoms with Gasteiger partial charge in [-0.3, -0.25) is 0 Å². The zero-order valence-electron chi connectivity index (χ0n) is 12.9. The Morgan fingerprint density at radius 3 is 2.52 bits per heavy atom. The Balaban J connectivity index is 2.04. The van der Waals surface area contributed by atoms with Gasteiger partial charge >= 0.3 is 0 Å². The molecule has 1 aliphatic rings. The van der Waals surface area contributed by atoms with Gasteiger partial charge in [-0.1, -0.05) is 24.3 Å². The fraction of sp³-hybridized carbons (Fsp3) is 0.263. The van der Waals surface area contributed by atoms with Crippen LogP contribution < -0.4 is 0 Å². The van der Waals surface area contributed by atoms with Crippen molar-refractivity contribution >= 4 is 17.2 Å². The minimum Gasteiger partial charge on any atom is -0.472 e. The predicted molar refractivity (Wildman–Crippen MR) is 88.8 cm³/mol. The van der Waals surface area contributed by atoms with Gasteiger partial charge in [0.2, 0.25) is 0 Å². The standard InChI is InChI=1S/C19H21NO/c1-14-16(8-10-20(2)3)17-6-4-5-7-18(17)19(14)12-15-9-11-21-13-15/h4-7,9,11-13H,8,10H2,1-3H3/b19-12+. The van der Waals surface area contributed by atoms with E-state index >= 15 is 0 Å². The van der Waals surface area contributed by atoms with Crippen molar-refractivity contribution in [3.05, 3.63) is 65.1 Å². The first-order valence-corrected chi connectivity index (χ1v) is 7.35. The van der Waals surface area contributed by atoms with Crippen molar-refractivity contribution in [2.75, 3.05) is 20.6 Å². The molecule has 1 heterocycles. The second-order valence-electron chi connectivity index (χ2n) is 5.82. The Morgan fingerprint density at radius 1 is 1.10 bits per heavy atom. The SMILES string of the molecule is CC1=C(CCN(C)C)c2ccccc2/C1=C/c1ccoc1. The van der Waals surface area contributed by atoms with Crippen molar-refractivity contribution in [1.82, 2.24) is 4.90 Å². The average molecular weight is 279 g/mol. The molecule has 0 saturated heterocycles. The van der Waals surface area contributed by atoms with Gasteiger partial charge < -0.3 is 9.32 Å². The normalized spacial score (nSPS) is 16.1. The van der Waals surface area contributed by atoms with Gasteiger partial charge in [-0.2, -0.15) is 0 Å². The summed E-state index contributed by atoms with van der Waals surface area (Å²) in [5.74, 6) is 0. The maximum Gasteiger partial charge on any atom is 0.0975 e. The van der Waals surface area contributed by atoms with Gasteiger partial charge in [-0.25, -0.2) is 0 Å². The molecule has 0 amide bonds. The second kappa shape index (κ2) is 5.74. The first kappa shape index (κ1) is 13.9. The third kappa shape index (κ3) is 2.72. The second-order valence-corrected chi connectivity index (χ2v) is 5.82. The van der Waals surface area contributed by atoms with Gasteiger partial charge in [0, 0.05) is 12.1 Å². The van der Waals surface area contributed by atoms with Crippen molar-refractivity contribution in [3.8, 4) is 0 Å². The van der Waals surface area contributed by atoms with E-state index in [-0.39, 0.29) is 0 Å². The molecule has 0 bridgehead atoms. The predicted octanol–water partition coefficient (Wildman–Crippen LogP) is 4.56. The number of furan rings is 1. The van der Waals surface area contributed by atoms with E-state index in [0.29, 0.717) is 0 Å². The smallest absolute Gasteiger partial charge is 0.0975 e. The highest BCUT2D eigenvalue weighted by atomic mass is 16.3. The molecule has 2 nitrogen and oxygen atoms in total.